The lowest BCUT2D eigenvalue weighted by molar-refractivity contribution is -0.113. The summed E-state index contributed by atoms with van der Waals surface area (Å²) in [6.45, 7) is 8.29. The Balaban J connectivity index is 2.11. The Morgan fingerprint density at radius 2 is 1.57 bits per heavy atom. The lowest BCUT2D eigenvalue weighted by Gasteiger charge is -2.20. The molecule has 0 spiro atoms. The Morgan fingerprint density at radius 3 is 2.11 bits per heavy atom. The number of carbonyl (C=O) groups excluding carboxylic acids is 1. The van der Waals surface area contributed by atoms with Crippen molar-refractivity contribution >= 4 is 28.4 Å². The van der Waals surface area contributed by atoms with Gasteiger partial charge in [0.2, 0.25) is 5.91 Å². The fourth-order valence-corrected chi connectivity index (χ4v) is 4.07. The molecule has 0 radical (unpaired) electrons. The molecule has 6 heteroatoms. The van der Waals surface area contributed by atoms with Crippen molar-refractivity contribution in [2.45, 2.75) is 45.3 Å². The summed E-state index contributed by atoms with van der Waals surface area (Å²) in [4.78, 5) is 23.6. The molecule has 0 aliphatic carbocycles. The molecule has 5 nitrogen and oxygen atoms in total. The molecule has 0 saturated carbocycles. The third-order valence-electron chi connectivity index (χ3n) is 4.43. The fourth-order valence-electron chi connectivity index (χ4n) is 3.05. The first-order chi connectivity index (χ1) is 13.2. The van der Waals surface area contributed by atoms with E-state index in [1.165, 1.54) is 12.1 Å². The number of amides is 1. The minimum atomic E-state index is -1.44. The largest absolute Gasteiger partial charge is 0.478 e. The number of carboxylic acids is 1. The molecular formula is C22H27NO4S. The number of benzene rings is 2. The Bertz CT molecular complexity index is 864. The Hall–Kier alpha value is -2.47. The van der Waals surface area contributed by atoms with Gasteiger partial charge in [-0.05, 0) is 40.7 Å². The molecular weight excluding hydrogens is 374 g/mol. The van der Waals surface area contributed by atoms with Crippen LogP contribution in [0.15, 0.2) is 42.5 Å². The predicted molar refractivity (Wildman–Crippen MR) is 113 cm³/mol. The van der Waals surface area contributed by atoms with Gasteiger partial charge < -0.3 is 10.4 Å². The smallest absolute Gasteiger partial charge is 0.335 e. The van der Waals surface area contributed by atoms with Crippen LogP contribution in [0.2, 0.25) is 0 Å². The molecule has 2 N–H and O–H groups in total. The van der Waals surface area contributed by atoms with Gasteiger partial charge in [-0.25, -0.2) is 4.79 Å². The lowest BCUT2D eigenvalue weighted by atomic mass is 9.92. The van der Waals surface area contributed by atoms with Crippen molar-refractivity contribution < 1.29 is 18.9 Å². The maximum atomic E-state index is 12.5. The molecule has 0 saturated heterocycles. The van der Waals surface area contributed by atoms with Crippen LogP contribution in [0.25, 0.3) is 0 Å². The maximum Gasteiger partial charge on any atom is 0.335 e. The van der Waals surface area contributed by atoms with Crippen molar-refractivity contribution in [3.8, 4) is 0 Å². The monoisotopic (exact) mass is 401 g/mol. The highest BCUT2D eigenvalue weighted by atomic mass is 32.2. The summed E-state index contributed by atoms with van der Waals surface area (Å²) in [5, 5.41) is 12.0. The second kappa shape index (κ2) is 9.64. The van der Waals surface area contributed by atoms with Crippen LogP contribution in [-0.4, -0.2) is 26.9 Å². The molecule has 1 atom stereocenters. The average molecular weight is 402 g/mol. The molecule has 1 amide bonds. The summed E-state index contributed by atoms with van der Waals surface area (Å²) >= 11 is 0. The molecule has 2 aromatic carbocycles. The summed E-state index contributed by atoms with van der Waals surface area (Å²) in [7, 11) is -1.44. The Morgan fingerprint density at radius 1 is 1.00 bits per heavy atom. The minimum Gasteiger partial charge on any atom is -0.478 e. The second-order valence-corrected chi connectivity index (χ2v) is 8.86. The van der Waals surface area contributed by atoms with Gasteiger partial charge in [0.05, 0.1) is 5.56 Å². The standard InChI is InChI=1S/C22H27NO4S/c1-14(2)18-9-6-10-19(15(3)4)21(18)23-20(24)13-28(27)12-16-7-5-8-17(11-16)22(25)26/h5-11,14-15H,12-13H2,1-4H3,(H,23,24)(H,25,26). The van der Waals surface area contributed by atoms with E-state index in [-0.39, 0.29) is 34.8 Å². The molecule has 0 aliphatic heterocycles. The Labute approximate surface area is 168 Å². The fraction of sp³-hybridized carbons (Fsp3) is 0.364. The van der Waals surface area contributed by atoms with Crippen LogP contribution >= 0.6 is 0 Å². The molecule has 0 fully saturated rings. The van der Waals surface area contributed by atoms with Gasteiger partial charge in [0, 0.05) is 22.2 Å². The van der Waals surface area contributed by atoms with Crippen LogP contribution < -0.4 is 5.32 Å². The summed E-state index contributed by atoms with van der Waals surface area (Å²) in [5.41, 5.74) is 3.70. The molecule has 0 aromatic heterocycles. The van der Waals surface area contributed by atoms with E-state index < -0.39 is 16.8 Å². The molecule has 150 valence electrons. The van der Waals surface area contributed by atoms with Gasteiger partial charge in [-0.1, -0.05) is 58.0 Å². The predicted octanol–water partition coefficient (Wildman–Crippen LogP) is 4.52. The normalized spacial score (nSPS) is 12.2. The Kier molecular flexibility index (Phi) is 7.52. The van der Waals surface area contributed by atoms with E-state index in [1.807, 2.05) is 18.2 Å². The van der Waals surface area contributed by atoms with Gasteiger partial charge in [0.15, 0.2) is 0 Å². The number of aromatic carboxylic acids is 1. The highest BCUT2D eigenvalue weighted by Crippen LogP contribution is 2.32. The van der Waals surface area contributed by atoms with E-state index in [1.54, 1.807) is 12.1 Å². The van der Waals surface area contributed by atoms with Gasteiger partial charge in [0.25, 0.3) is 0 Å². The van der Waals surface area contributed by atoms with E-state index >= 15 is 0 Å². The molecule has 0 bridgehead atoms. The van der Waals surface area contributed by atoms with Gasteiger partial charge in [-0.3, -0.25) is 9.00 Å². The summed E-state index contributed by atoms with van der Waals surface area (Å²) in [6.07, 6.45) is 0. The molecule has 2 rings (SSSR count). The number of hydrogen-bond donors (Lipinski definition) is 2. The van der Waals surface area contributed by atoms with E-state index in [4.69, 9.17) is 5.11 Å². The van der Waals surface area contributed by atoms with Crippen molar-refractivity contribution in [2.75, 3.05) is 11.1 Å². The number of carbonyl (C=O) groups is 2. The van der Waals surface area contributed by atoms with Crippen molar-refractivity contribution in [1.29, 1.82) is 0 Å². The van der Waals surface area contributed by atoms with Crippen molar-refractivity contribution in [3.05, 3.63) is 64.7 Å². The zero-order chi connectivity index (χ0) is 20.8. The highest BCUT2D eigenvalue weighted by molar-refractivity contribution is 7.84. The zero-order valence-corrected chi connectivity index (χ0v) is 17.5. The average Bonchev–Trinajstić information content (AvgIpc) is 2.61. The first kappa shape index (κ1) is 21.8. The number of para-hydroxylation sites is 1. The van der Waals surface area contributed by atoms with Crippen LogP contribution in [-0.2, 0) is 21.3 Å². The van der Waals surface area contributed by atoms with Crippen LogP contribution in [0.4, 0.5) is 5.69 Å². The third kappa shape index (κ3) is 5.76. The van der Waals surface area contributed by atoms with Crippen LogP contribution in [0.1, 0.15) is 66.6 Å². The number of carboxylic acid groups (broad SMARTS) is 1. The molecule has 0 heterocycles. The first-order valence-corrected chi connectivity index (χ1v) is 10.8. The number of nitrogens with one attached hydrogen (secondary N) is 1. The van der Waals surface area contributed by atoms with E-state index in [2.05, 4.69) is 33.0 Å². The topological polar surface area (TPSA) is 83.5 Å². The van der Waals surface area contributed by atoms with Crippen molar-refractivity contribution in [1.82, 2.24) is 0 Å². The lowest BCUT2D eigenvalue weighted by Crippen LogP contribution is -2.22. The molecule has 0 aliphatic rings. The van der Waals surface area contributed by atoms with Crippen LogP contribution in [0.5, 0.6) is 0 Å². The summed E-state index contributed by atoms with van der Waals surface area (Å²) < 4.78 is 12.4. The molecule has 2 aromatic rings. The van der Waals surface area contributed by atoms with Crippen molar-refractivity contribution in [2.24, 2.45) is 0 Å². The number of rotatable bonds is 8. The molecule has 1 unspecified atom stereocenters. The van der Waals surface area contributed by atoms with Gasteiger partial charge in [-0.15, -0.1) is 0 Å². The SMILES string of the molecule is CC(C)c1cccc(C(C)C)c1NC(=O)CS(=O)Cc1cccc(C(=O)O)c1. The van der Waals surface area contributed by atoms with Crippen LogP contribution in [0.3, 0.4) is 0 Å². The quantitative estimate of drug-likeness (QED) is 0.681. The van der Waals surface area contributed by atoms with Gasteiger partial charge in [0.1, 0.15) is 5.75 Å². The highest BCUT2D eigenvalue weighted by Gasteiger charge is 2.17. The van der Waals surface area contributed by atoms with Crippen LogP contribution in [0, 0.1) is 0 Å². The minimum absolute atomic E-state index is 0.136. The second-order valence-electron chi connectivity index (χ2n) is 7.40. The van der Waals surface area contributed by atoms with E-state index in [9.17, 15) is 13.8 Å². The zero-order valence-electron chi connectivity index (χ0n) is 16.7. The van der Waals surface area contributed by atoms with Gasteiger partial charge >= 0.3 is 5.97 Å². The number of hydrogen-bond acceptors (Lipinski definition) is 3. The summed E-state index contributed by atoms with van der Waals surface area (Å²) in [6, 6.07) is 12.3. The third-order valence-corrected chi connectivity index (χ3v) is 5.67. The van der Waals surface area contributed by atoms with E-state index in [0.29, 0.717) is 5.56 Å². The van der Waals surface area contributed by atoms with E-state index in [0.717, 1.165) is 16.8 Å². The van der Waals surface area contributed by atoms with Crippen molar-refractivity contribution in [3.63, 3.8) is 0 Å². The maximum absolute atomic E-state index is 12.5. The van der Waals surface area contributed by atoms with Gasteiger partial charge in [-0.2, -0.15) is 0 Å². The number of anilines is 1. The first-order valence-electron chi connectivity index (χ1n) is 9.29. The molecule has 28 heavy (non-hydrogen) atoms. The summed E-state index contributed by atoms with van der Waals surface area (Å²) in [5.74, 6) is -0.838.